The van der Waals surface area contributed by atoms with E-state index >= 15 is 0 Å². The van der Waals surface area contributed by atoms with Gasteiger partial charge in [0.15, 0.2) is 0 Å². The van der Waals surface area contributed by atoms with Crippen LogP contribution in [0.15, 0.2) is 0 Å². The summed E-state index contributed by atoms with van der Waals surface area (Å²) < 4.78 is 0. The lowest BCUT2D eigenvalue weighted by molar-refractivity contribution is 0.918. The molecule has 0 aromatic rings. The highest BCUT2D eigenvalue weighted by atomic mass is 35.5. The Morgan fingerprint density at radius 2 is 2.25 bits per heavy atom. The van der Waals surface area contributed by atoms with Gasteiger partial charge in [-0.2, -0.15) is 0 Å². The minimum atomic E-state index is 0.645. The van der Waals surface area contributed by atoms with Crippen molar-refractivity contribution in [1.29, 1.82) is 0 Å². The predicted molar refractivity (Wildman–Crippen MR) is 45.9 cm³/mol. The lowest BCUT2D eigenvalue weighted by Crippen LogP contribution is -1.98. The first-order valence-electron chi connectivity index (χ1n) is 2.60. The number of rotatable bonds is 4. The zero-order chi connectivity index (χ0) is 6.41. The molecule has 0 aliphatic carbocycles. The second-order valence-electron chi connectivity index (χ2n) is 1.45. The molecule has 0 spiro atoms. The topological polar surface area (TPSA) is 0 Å². The maximum Gasteiger partial charge on any atom is 0.0350 e. The fraction of sp³-hybridized carbons (Fsp3) is 1.00. The zero-order valence-corrected chi connectivity index (χ0v) is 7.57. The van der Waals surface area contributed by atoms with E-state index in [1.54, 1.807) is 10.8 Å². The van der Waals surface area contributed by atoms with Crippen LogP contribution in [-0.2, 0) is 0 Å². The summed E-state index contributed by atoms with van der Waals surface area (Å²) in [5.41, 5.74) is 0. The predicted octanol–water partition coefficient (Wildman–Crippen LogP) is 3.02. The molecule has 0 unspecified atom stereocenters. The van der Waals surface area contributed by atoms with Crippen LogP contribution in [0.1, 0.15) is 13.3 Å². The fourth-order valence-corrected chi connectivity index (χ4v) is 2.86. The summed E-state index contributed by atoms with van der Waals surface area (Å²) in [6.45, 7) is 2.16. The van der Waals surface area contributed by atoms with Gasteiger partial charge in [-0.25, -0.2) is 0 Å². The minimum Gasteiger partial charge on any atom is -0.125 e. The summed E-state index contributed by atoms with van der Waals surface area (Å²) in [7, 11) is 3.65. The molecule has 0 heterocycles. The van der Waals surface area contributed by atoms with Gasteiger partial charge in [0.2, 0.25) is 0 Å². The molecule has 3 heteroatoms. The molecule has 0 N–H and O–H groups in total. The molecule has 1 atom stereocenters. The maximum absolute atomic E-state index is 5.61. The van der Waals surface area contributed by atoms with Crippen molar-refractivity contribution in [2.24, 2.45) is 0 Å². The molecule has 8 heavy (non-hydrogen) atoms. The van der Waals surface area contributed by atoms with E-state index < -0.39 is 0 Å². The van der Waals surface area contributed by atoms with Crippen LogP contribution in [0.3, 0.4) is 0 Å². The van der Waals surface area contributed by atoms with Gasteiger partial charge in [-0.1, -0.05) is 28.5 Å². The van der Waals surface area contributed by atoms with Gasteiger partial charge in [0.05, 0.1) is 0 Å². The highest BCUT2D eigenvalue weighted by Gasteiger charge is 2.01. The van der Waals surface area contributed by atoms with Crippen molar-refractivity contribution >= 4 is 33.2 Å². The van der Waals surface area contributed by atoms with Crippen LogP contribution in [0, 0.1) is 0 Å². The molecular weight excluding hydrogens is 160 g/mol. The number of hydrogen-bond donors (Lipinski definition) is 0. The van der Waals surface area contributed by atoms with Crippen molar-refractivity contribution in [3.05, 3.63) is 0 Å². The van der Waals surface area contributed by atoms with E-state index in [1.807, 2.05) is 10.8 Å². The third-order valence-corrected chi connectivity index (χ3v) is 3.77. The van der Waals surface area contributed by atoms with Gasteiger partial charge >= 0.3 is 0 Å². The Labute approximate surface area is 64.1 Å². The summed E-state index contributed by atoms with van der Waals surface area (Å²) in [6.07, 6.45) is 3.26. The molecular formula is C5H11ClS2. The van der Waals surface area contributed by atoms with Crippen molar-refractivity contribution in [3.8, 4) is 0 Å². The smallest absolute Gasteiger partial charge is 0.0350 e. The molecule has 0 saturated carbocycles. The van der Waals surface area contributed by atoms with E-state index in [2.05, 4.69) is 13.2 Å². The van der Waals surface area contributed by atoms with Crippen molar-refractivity contribution in [1.82, 2.24) is 0 Å². The van der Waals surface area contributed by atoms with Crippen LogP contribution in [0.4, 0.5) is 0 Å². The highest BCUT2D eigenvalue weighted by Crippen LogP contribution is 2.26. The Balaban J connectivity index is 3.07. The van der Waals surface area contributed by atoms with E-state index in [0.29, 0.717) is 5.25 Å². The average Bonchev–Trinajstić information content (AvgIpc) is 1.83. The van der Waals surface area contributed by atoms with E-state index in [4.69, 9.17) is 11.6 Å². The summed E-state index contributed by atoms with van der Waals surface area (Å²) >= 11 is 5.61. The largest absolute Gasteiger partial charge is 0.125 e. The second-order valence-corrected chi connectivity index (χ2v) is 4.53. The van der Waals surface area contributed by atoms with E-state index in [0.717, 1.165) is 5.88 Å². The third kappa shape index (κ3) is 3.93. The zero-order valence-electron chi connectivity index (χ0n) is 5.19. The van der Waals surface area contributed by atoms with Crippen molar-refractivity contribution in [2.45, 2.75) is 18.6 Å². The lowest BCUT2D eigenvalue weighted by atomic mass is 10.4. The number of hydrogen-bond acceptors (Lipinski definition) is 2. The Morgan fingerprint density at radius 1 is 1.62 bits per heavy atom. The van der Waals surface area contributed by atoms with Crippen LogP contribution in [0.25, 0.3) is 0 Å². The number of halogens is 1. The minimum absolute atomic E-state index is 0.645. The molecule has 0 bridgehead atoms. The van der Waals surface area contributed by atoms with Gasteiger partial charge in [-0.15, -0.1) is 11.6 Å². The van der Waals surface area contributed by atoms with Gasteiger partial charge < -0.3 is 0 Å². The fourth-order valence-electron chi connectivity index (χ4n) is 0.339. The monoisotopic (exact) mass is 170 g/mol. The van der Waals surface area contributed by atoms with Gasteiger partial charge in [0.25, 0.3) is 0 Å². The van der Waals surface area contributed by atoms with Crippen LogP contribution in [0.2, 0.25) is 0 Å². The summed E-state index contributed by atoms with van der Waals surface area (Å²) in [4.78, 5) is 0. The van der Waals surface area contributed by atoms with Gasteiger partial charge in [0, 0.05) is 11.1 Å². The SMILES string of the molecule is CC[C@H](CCl)SSC. The van der Waals surface area contributed by atoms with Crippen LogP contribution in [-0.4, -0.2) is 17.4 Å². The molecule has 0 aromatic heterocycles. The van der Waals surface area contributed by atoms with Crippen molar-refractivity contribution in [2.75, 3.05) is 12.1 Å². The van der Waals surface area contributed by atoms with E-state index in [9.17, 15) is 0 Å². The summed E-state index contributed by atoms with van der Waals surface area (Å²) in [5, 5.41) is 0.645. The average molecular weight is 171 g/mol. The molecule has 0 aromatic carbocycles. The molecule has 0 nitrogen and oxygen atoms in total. The molecule has 0 fully saturated rings. The normalized spacial score (nSPS) is 13.9. The van der Waals surface area contributed by atoms with Gasteiger partial charge in [-0.05, 0) is 12.7 Å². The second kappa shape index (κ2) is 6.12. The van der Waals surface area contributed by atoms with Gasteiger partial charge in [0.1, 0.15) is 0 Å². The van der Waals surface area contributed by atoms with Crippen LogP contribution >= 0.6 is 33.2 Å². The lowest BCUT2D eigenvalue weighted by Gasteiger charge is -2.05. The summed E-state index contributed by atoms with van der Waals surface area (Å²) in [6, 6.07) is 0. The van der Waals surface area contributed by atoms with Gasteiger partial charge in [-0.3, -0.25) is 0 Å². The quantitative estimate of drug-likeness (QED) is 0.470. The third-order valence-electron chi connectivity index (χ3n) is 0.860. The Bertz CT molecular complexity index is 45.7. The maximum atomic E-state index is 5.61. The van der Waals surface area contributed by atoms with E-state index in [1.165, 1.54) is 6.42 Å². The Hall–Kier alpha value is 0.990. The highest BCUT2D eigenvalue weighted by molar-refractivity contribution is 8.76. The first-order chi connectivity index (χ1) is 3.85. The van der Waals surface area contributed by atoms with Crippen molar-refractivity contribution < 1.29 is 0 Å². The molecule has 0 aliphatic rings. The Kier molecular flexibility index (Phi) is 6.87. The molecule has 0 amide bonds. The standard InChI is InChI=1S/C5H11ClS2/c1-3-5(4-6)8-7-2/h5H,3-4H2,1-2H3/t5-/m1/s1. The van der Waals surface area contributed by atoms with Crippen LogP contribution < -0.4 is 0 Å². The number of alkyl halides is 1. The van der Waals surface area contributed by atoms with Crippen molar-refractivity contribution in [3.63, 3.8) is 0 Å². The first-order valence-corrected chi connectivity index (χ1v) is 5.76. The Morgan fingerprint density at radius 3 is 2.38 bits per heavy atom. The molecule has 0 rings (SSSR count). The van der Waals surface area contributed by atoms with Crippen LogP contribution in [0.5, 0.6) is 0 Å². The first kappa shape index (κ1) is 8.99. The molecule has 50 valence electrons. The summed E-state index contributed by atoms with van der Waals surface area (Å²) in [5.74, 6) is 0.780. The van der Waals surface area contributed by atoms with E-state index in [-0.39, 0.29) is 0 Å². The molecule has 0 saturated heterocycles. The molecule has 0 radical (unpaired) electrons. The molecule has 0 aliphatic heterocycles.